The quantitative estimate of drug-likeness (QED) is 0.616. The molecule has 0 spiro atoms. The normalized spacial score (nSPS) is 11.0. The first-order valence-corrected chi connectivity index (χ1v) is 6.16. The molecule has 0 amide bonds. The van der Waals surface area contributed by atoms with Gasteiger partial charge in [-0.1, -0.05) is 18.2 Å². The molecular weight excluding hydrogens is 302 g/mol. The van der Waals surface area contributed by atoms with E-state index in [1.807, 2.05) is 6.92 Å². The predicted molar refractivity (Wildman–Crippen MR) is 71.8 cm³/mol. The molecule has 1 heterocycles. The zero-order valence-electron chi connectivity index (χ0n) is 11.7. The molecule has 0 radical (unpaired) electrons. The summed E-state index contributed by atoms with van der Waals surface area (Å²) in [6.45, 7) is 1.81. The van der Waals surface area contributed by atoms with Gasteiger partial charge in [0.15, 0.2) is 11.5 Å². The van der Waals surface area contributed by atoms with Crippen LogP contribution < -0.4 is 9.47 Å². The molecule has 3 nitrogen and oxygen atoms in total. The number of pyridine rings is 1. The molecule has 0 N–H and O–H groups in total. The van der Waals surface area contributed by atoms with Crippen molar-refractivity contribution in [2.75, 3.05) is 7.11 Å². The molecule has 2 rings (SSSR count). The number of hydrogen-bond acceptors (Lipinski definition) is 3. The fourth-order valence-electron chi connectivity index (χ4n) is 1.73. The van der Waals surface area contributed by atoms with Crippen molar-refractivity contribution in [3.8, 4) is 17.2 Å². The molecule has 2 aromatic rings. The lowest BCUT2D eigenvalue weighted by Gasteiger charge is -2.12. The maximum absolute atomic E-state index is 13.5. The lowest BCUT2D eigenvalue weighted by atomic mass is 10.2. The van der Waals surface area contributed by atoms with Gasteiger partial charge in [-0.3, -0.25) is 0 Å². The highest BCUT2D eigenvalue weighted by Gasteiger charge is 2.23. The first-order valence-electron chi connectivity index (χ1n) is 6.16. The van der Waals surface area contributed by atoms with Crippen molar-refractivity contribution in [3.05, 3.63) is 53.4 Å². The van der Waals surface area contributed by atoms with Gasteiger partial charge in [0.1, 0.15) is 0 Å². The van der Waals surface area contributed by atoms with Crippen molar-refractivity contribution in [1.82, 2.24) is 4.98 Å². The highest BCUT2D eigenvalue weighted by molar-refractivity contribution is 5.56. The molecule has 0 fully saturated rings. The number of methoxy groups -OCH3 is 1. The summed E-state index contributed by atoms with van der Waals surface area (Å²) in [4.78, 5) is 2.45. The van der Waals surface area contributed by atoms with Crippen molar-refractivity contribution in [1.29, 1.82) is 0 Å². The van der Waals surface area contributed by atoms with Gasteiger partial charge >= 0.3 is 0 Å². The second-order valence-electron chi connectivity index (χ2n) is 4.16. The molecule has 0 saturated carbocycles. The summed E-state index contributed by atoms with van der Waals surface area (Å²) >= 11 is 0. The molecule has 1 aromatic carbocycles. The van der Waals surface area contributed by atoms with Gasteiger partial charge < -0.3 is 9.47 Å². The number of benzene rings is 1. The third kappa shape index (κ3) is 3.03. The monoisotopic (exact) mass is 313 g/mol. The van der Waals surface area contributed by atoms with Crippen LogP contribution in [-0.4, -0.2) is 12.1 Å². The van der Waals surface area contributed by atoms with Crippen LogP contribution >= 0.6 is 0 Å². The highest BCUT2D eigenvalue weighted by atomic mass is 19.2. The highest BCUT2D eigenvalue weighted by Crippen LogP contribution is 2.35. The third-order valence-electron chi connectivity index (χ3n) is 2.72. The molecule has 22 heavy (non-hydrogen) atoms. The van der Waals surface area contributed by atoms with Crippen LogP contribution in [0, 0.1) is 23.5 Å². The van der Waals surface area contributed by atoms with E-state index >= 15 is 0 Å². The Hall–Kier alpha value is -2.57. The van der Waals surface area contributed by atoms with Crippen molar-refractivity contribution >= 4 is 6.08 Å². The topological polar surface area (TPSA) is 31.4 Å². The number of aromatic nitrogens is 1. The van der Waals surface area contributed by atoms with Crippen molar-refractivity contribution in [2.45, 2.75) is 6.92 Å². The summed E-state index contributed by atoms with van der Waals surface area (Å²) in [5.74, 6) is -8.21. The molecule has 0 bridgehead atoms. The first kappa shape index (κ1) is 15.8. The minimum atomic E-state index is -1.79. The summed E-state index contributed by atoms with van der Waals surface area (Å²) in [5, 5.41) is 0. The van der Waals surface area contributed by atoms with E-state index in [9.17, 15) is 17.6 Å². The Balaban J connectivity index is 2.47. The van der Waals surface area contributed by atoms with Crippen LogP contribution in [0.4, 0.5) is 17.6 Å². The Labute approximate surface area is 123 Å². The smallest absolute Gasteiger partial charge is 0.255 e. The summed E-state index contributed by atoms with van der Waals surface area (Å²) in [7, 11) is 1.32. The molecule has 1 aromatic heterocycles. The Kier molecular flexibility index (Phi) is 4.65. The average molecular weight is 313 g/mol. The minimum absolute atomic E-state index is 0.0986. The molecule has 0 unspecified atom stereocenters. The van der Waals surface area contributed by atoms with E-state index in [1.165, 1.54) is 13.2 Å². The lowest BCUT2D eigenvalue weighted by molar-refractivity contribution is 0.328. The fraction of sp³-hybridized carbons (Fsp3) is 0.133. The van der Waals surface area contributed by atoms with Crippen LogP contribution in [0.5, 0.6) is 17.2 Å². The van der Waals surface area contributed by atoms with E-state index in [-0.39, 0.29) is 11.5 Å². The van der Waals surface area contributed by atoms with Crippen LogP contribution in [0.2, 0.25) is 0 Å². The number of nitrogens with zero attached hydrogens (tertiary/aromatic N) is 1. The van der Waals surface area contributed by atoms with Crippen LogP contribution in [0.15, 0.2) is 24.3 Å². The minimum Gasteiger partial charge on any atom is -0.493 e. The van der Waals surface area contributed by atoms with Crippen LogP contribution in [0.1, 0.15) is 12.5 Å². The van der Waals surface area contributed by atoms with E-state index < -0.39 is 29.3 Å². The van der Waals surface area contributed by atoms with E-state index in [0.717, 1.165) is 5.56 Å². The van der Waals surface area contributed by atoms with Crippen LogP contribution in [0.25, 0.3) is 6.08 Å². The standard InChI is InChI=1S/C15H11F4NO2/c1-3-4-8-5-6-9(10(7-8)21-2)22-13-11(16)14(18)20-15(19)12(13)17/h3-7H,1-2H3. The van der Waals surface area contributed by atoms with Gasteiger partial charge in [-0.05, 0) is 24.6 Å². The molecule has 0 aliphatic rings. The Morgan fingerprint density at radius 3 is 2.18 bits per heavy atom. The van der Waals surface area contributed by atoms with Gasteiger partial charge in [0, 0.05) is 0 Å². The van der Waals surface area contributed by atoms with Crippen molar-refractivity contribution in [3.63, 3.8) is 0 Å². The Morgan fingerprint density at radius 2 is 1.64 bits per heavy atom. The first-order chi connectivity index (χ1) is 10.5. The molecule has 0 aliphatic heterocycles. The van der Waals surface area contributed by atoms with E-state index in [2.05, 4.69) is 4.98 Å². The van der Waals surface area contributed by atoms with Gasteiger partial charge in [-0.2, -0.15) is 22.5 Å². The van der Waals surface area contributed by atoms with Gasteiger partial charge in [-0.25, -0.2) is 0 Å². The molecular formula is C15H11F4NO2. The Bertz CT molecular complexity index is 706. The van der Waals surface area contributed by atoms with Crippen molar-refractivity contribution in [2.24, 2.45) is 0 Å². The molecule has 0 atom stereocenters. The molecule has 116 valence electrons. The summed E-state index contributed by atoms with van der Waals surface area (Å²) < 4.78 is 63.2. The molecule has 0 aliphatic carbocycles. The lowest BCUT2D eigenvalue weighted by Crippen LogP contribution is -2.03. The zero-order chi connectivity index (χ0) is 16.3. The number of rotatable bonds is 4. The second kappa shape index (κ2) is 6.46. The predicted octanol–water partition coefficient (Wildman–Crippen LogP) is 4.47. The molecule has 0 saturated heterocycles. The average Bonchev–Trinajstić information content (AvgIpc) is 2.51. The van der Waals surface area contributed by atoms with E-state index in [4.69, 9.17) is 9.47 Å². The van der Waals surface area contributed by atoms with E-state index in [0.29, 0.717) is 0 Å². The van der Waals surface area contributed by atoms with Gasteiger partial charge in [0.2, 0.25) is 17.4 Å². The number of halogens is 4. The maximum Gasteiger partial charge on any atom is 0.255 e. The largest absolute Gasteiger partial charge is 0.493 e. The number of hydrogen-bond donors (Lipinski definition) is 0. The Morgan fingerprint density at radius 1 is 1.00 bits per heavy atom. The summed E-state index contributed by atoms with van der Waals surface area (Å²) in [5.41, 5.74) is 0.750. The zero-order valence-corrected chi connectivity index (χ0v) is 11.7. The van der Waals surface area contributed by atoms with Gasteiger partial charge in [0.25, 0.3) is 11.9 Å². The summed E-state index contributed by atoms with van der Waals surface area (Å²) in [6.07, 6.45) is 3.54. The van der Waals surface area contributed by atoms with E-state index in [1.54, 1.807) is 24.3 Å². The second-order valence-corrected chi connectivity index (χ2v) is 4.16. The molecule has 7 heteroatoms. The summed E-state index contributed by atoms with van der Waals surface area (Å²) in [6, 6.07) is 4.49. The van der Waals surface area contributed by atoms with Crippen molar-refractivity contribution < 1.29 is 27.0 Å². The van der Waals surface area contributed by atoms with Gasteiger partial charge in [0.05, 0.1) is 7.11 Å². The van der Waals surface area contributed by atoms with Crippen LogP contribution in [-0.2, 0) is 0 Å². The SMILES string of the molecule is CC=Cc1ccc(Oc2c(F)c(F)nc(F)c2F)c(OC)c1. The van der Waals surface area contributed by atoms with Crippen LogP contribution in [0.3, 0.4) is 0 Å². The maximum atomic E-state index is 13.5. The third-order valence-corrected chi connectivity index (χ3v) is 2.72. The van der Waals surface area contributed by atoms with Gasteiger partial charge in [-0.15, -0.1) is 0 Å². The fourth-order valence-corrected chi connectivity index (χ4v) is 1.73. The number of allylic oxidation sites excluding steroid dienone is 1. The number of ether oxygens (including phenoxy) is 2.